The van der Waals surface area contributed by atoms with Crippen LogP contribution in [-0.4, -0.2) is 41.1 Å². The molecule has 0 saturated heterocycles. The zero-order chi connectivity index (χ0) is 29.4. The number of allylic oxidation sites excluding steroid dienone is 1. The molecule has 0 amide bonds. The molecule has 0 radical (unpaired) electrons. The second-order valence-corrected chi connectivity index (χ2v) is 17.0. The predicted molar refractivity (Wildman–Crippen MR) is 185 cm³/mol. The number of fused-ring (bicyclic) bond motifs is 4. The highest BCUT2D eigenvalue weighted by Crippen LogP contribution is 2.50. The lowest BCUT2D eigenvalue weighted by atomic mass is 9.86. The van der Waals surface area contributed by atoms with E-state index < -0.39 is 6.10 Å². The highest BCUT2D eigenvalue weighted by molar-refractivity contribution is 8.06. The van der Waals surface area contributed by atoms with Crippen molar-refractivity contribution in [3.63, 3.8) is 0 Å². The molecule has 0 N–H and O–H groups in total. The van der Waals surface area contributed by atoms with E-state index in [4.69, 9.17) is 9.47 Å². The molecule has 0 spiro atoms. The van der Waals surface area contributed by atoms with Gasteiger partial charge in [-0.15, -0.1) is 69.7 Å². The zero-order valence-corrected chi connectivity index (χ0v) is 27.9. The minimum atomic E-state index is -0.440. The molecule has 44 heavy (non-hydrogen) atoms. The summed E-state index contributed by atoms with van der Waals surface area (Å²) in [5.74, 6) is 4.39. The highest BCUT2D eigenvalue weighted by atomic mass is 32.2. The van der Waals surface area contributed by atoms with Gasteiger partial charge in [0.1, 0.15) is 11.9 Å². The van der Waals surface area contributed by atoms with Gasteiger partial charge in [-0.2, -0.15) is 0 Å². The lowest BCUT2D eigenvalue weighted by Gasteiger charge is -2.19. The maximum Gasteiger partial charge on any atom is 0.344 e. The van der Waals surface area contributed by atoms with Crippen molar-refractivity contribution in [2.45, 2.75) is 32.1 Å². The summed E-state index contributed by atoms with van der Waals surface area (Å²) in [5.41, 5.74) is 6.66. The molecule has 4 nitrogen and oxygen atoms in total. The van der Waals surface area contributed by atoms with Crippen LogP contribution in [0.2, 0.25) is 0 Å². The summed E-state index contributed by atoms with van der Waals surface area (Å²) < 4.78 is 11.7. The SMILES string of the molecule is O=C1OC2=CC3=C(c4ccc(-c5scc6c5SCCS6)cc4)C(=O)OC3CC2=C1c1ccc(-c2scc3c2SCCS3)cc1. The third-order valence-electron chi connectivity index (χ3n) is 8.24. The van der Waals surface area contributed by atoms with Gasteiger partial charge in [0.15, 0.2) is 0 Å². The number of esters is 2. The summed E-state index contributed by atoms with van der Waals surface area (Å²) >= 11 is 11.3. The minimum Gasteiger partial charge on any atom is -0.453 e. The Kier molecular flexibility index (Phi) is 6.94. The third kappa shape index (κ3) is 4.52. The van der Waals surface area contributed by atoms with Crippen LogP contribution in [0.1, 0.15) is 17.5 Å². The zero-order valence-electron chi connectivity index (χ0n) is 23.0. The number of carbonyl (C=O) groups excluding carboxylic acids is 2. The van der Waals surface area contributed by atoms with Crippen LogP contribution in [-0.2, 0) is 19.1 Å². The number of thiophene rings is 2. The van der Waals surface area contributed by atoms with E-state index in [-0.39, 0.29) is 11.9 Å². The highest BCUT2D eigenvalue weighted by Gasteiger charge is 2.43. The summed E-state index contributed by atoms with van der Waals surface area (Å²) in [6.07, 6.45) is 1.82. The molecule has 4 aromatic rings. The molecule has 9 rings (SSSR count). The van der Waals surface area contributed by atoms with E-state index in [9.17, 15) is 9.59 Å². The molecular formula is C34H22O4S6. The Morgan fingerprint density at radius 1 is 0.614 bits per heavy atom. The number of thioether (sulfide) groups is 4. The van der Waals surface area contributed by atoms with Crippen molar-refractivity contribution in [2.75, 3.05) is 23.0 Å². The molecular weight excluding hydrogens is 665 g/mol. The van der Waals surface area contributed by atoms with E-state index in [0.29, 0.717) is 23.3 Å². The van der Waals surface area contributed by atoms with Crippen LogP contribution in [0.15, 0.2) is 102 Å². The molecule has 1 unspecified atom stereocenters. The Hall–Kier alpha value is -2.60. The maximum atomic E-state index is 13.2. The van der Waals surface area contributed by atoms with E-state index in [1.165, 1.54) is 29.3 Å². The number of rotatable bonds is 4. The van der Waals surface area contributed by atoms with E-state index in [0.717, 1.165) is 56.4 Å². The summed E-state index contributed by atoms with van der Waals surface area (Å²) in [6, 6.07) is 16.4. The molecule has 0 saturated carbocycles. The van der Waals surface area contributed by atoms with Gasteiger partial charge < -0.3 is 9.47 Å². The first kappa shape index (κ1) is 27.7. The molecule has 2 aromatic carbocycles. The Morgan fingerprint density at radius 3 is 1.73 bits per heavy atom. The predicted octanol–water partition coefficient (Wildman–Crippen LogP) is 9.52. The third-order valence-corrected chi connectivity index (χ3v) is 16.0. The first-order valence-electron chi connectivity index (χ1n) is 14.2. The van der Waals surface area contributed by atoms with Crippen molar-refractivity contribution < 1.29 is 19.1 Å². The van der Waals surface area contributed by atoms with E-state index >= 15 is 0 Å². The van der Waals surface area contributed by atoms with Crippen LogP contribution >= 0.6 is 69.7 Å². The van der Waals surface area contributed by atoms with Crippen LogP contribution in [0.5, 0.6) is 0 Å². The smallest absolute Gasteiger partial charge is 0.344 e. The first-order valence-corrected chi connectivity index (χ1v) is 19.9. The summed E-state index contributed by atoms with van der Waals surface area (Å²) in [5, 5.41) is 4.50. The van der Waals surface area contributed by atoms with Crippen LogP contribution in [0.3, 0.4) is 0 Å². The van der Waals surface area contributed by atoms with Crippen LogP contribution in [0.4, 0.5) is 0 Å². The Bertz CT molecular complexity index is 1980. The van der Waals surface area contributed by atoms with Gasteiger partial charge >= 0.3 is 11.9 Å². The maximum absolute atomic E-state index is 13.2. The van der Waals surface area contributed by atoms with Gasteiger partial charge in [-0.1, -0.05) is 48.5 Å². The fraction of sp³-hybridized carbons (Fsp3) is 0.176. The number of carbonyl (C=O) groups is 2. The standard InChI is InChI=1S/C34H22O4S6/c35-33-27(17-1-5-19(6-2-17)29-31-25(15-43-29)39-9-11-41-31)21-13-24-22(14-23(21)37-33)28(34(36)38-24)18-3-7-20(8-4-18)30-32-26(16-44-30)40-10-12-42-32/h1-8,13,15-16,23H,9-12,14H2. The van der Waals surface area contributed by atoms with Crippen molar-refractivity contribution in [3.05, 3.63) is 93.4 Å². The topological polar surface area (TPSA) is 52.6 Å². The summed E-state index contributed by atoms with van der Waals surface area (Å²) in [6.45, 7) is 0. The van der Waals surface area contributed by atoms with Gasteiger partial charge in [-0.3, -0.25) is 0 Å². The Balaban J connectivity index is 1.03. The van der Waals surface area contributed by atoms with Crippen molar-refractivity contribution >= 4 is 92.8 Å². The first-order chi connectivity index (χ1) is 21.6. The van der Waals surface area contributed by atoms with Gasteiger partial charge in [-0.25, -0.2) is 9.59 Å². The van der Waals surface area contributed by atoms with Crippen molar-refractivity contribution in [1.82, 2.24) is 0 Å². The second kappa shape index (κ2) is 11.0. The van der Waals surface area contributed by atoms with Crippen molar-refractivity contribution in [1.29, 1.82) is 0 Å². The Morgan fingerprint density at radius 2 is 1.14 bits per heavy atom. The summed E-state index contributed by atoms with van der Waals surface area (Å²) in [4.78, 5) is 34.4. The molecule has 0 bridgehead atoms. The number of ether oxygens (including phenoxy) is 2. The van der Waals surface area contributed by atoms with Crippen LogP contribution < -0.4 is 0 Å². The number of hydrogen-bond donors (Lipinski definition) is 0. The fourth-order valence-corrected chi connectivity index (χ4v) is 13.9. The lowest BCUT2D eigenvalue weighted by Crippen LogP contribution is -2.16. The van der Waals surface area contributed by atoms with E-state index in [1.54, 1.807) is 22.7 Å². The quantitative estimate of drug-likeness (QED) is 0.197. The van der Waals surface area contributed by atoms with Crippen LogP contribution in [0, 0.1) is 0 Å². The van der Waals surface area contributed by atoms with E-state index in [1.807, 2.05) is 77.4 Å². The average molecular weight is 687 g/mol. The molecule has 1 atom stereocenters. The molecule has 2 aromatic heterocycles. The monoisotopic (exact) mass is 686 g/mol. The average Bonchev–Trinajstić information content (AvgIpc) is 3.82. The normalized spacial score (nSPS) is 20.5. The molecule has 10 heteroatoms. The van der Waals surface area contributed by atoms with Gasteiger partial charge in [0.2, 0.25) is 0 Å². The van der Waals surface area contributed by atoms with Crippen LogP contribution in [0.25, 0.3) is 32.0 Å². The lowest BCUT2D eigenvalue weighted by molar-refractivity contribution is -0.138. The van der Waals surface area contributed by atoms with Gasteiger partial charge in [0.05, 0.1) is 11.1 Å². The van der Waals surface area contributed by atoms with Gasteiger partial charge in [0, 0.05) is 80.7 Å². The molecule has 5 aliphatic rings. The second-order valence-electron chi connectivity index (χ2n) is 10.7. The Labute approximate surface area is 279 Å². The number of benzene rings is 2. The van der Waals surface area contributed by atoms with Gasteiger partial charge in [0.25, 0.3) is 0 Å². The molecule has 218 valence electrons. The number of hydrogen-bond acceptors (Lipinski definition) is 10. The van der Waals surface area contributed by atoms with Gasteiger partial charge in [-0.05, 0) is 28.3 Å². The fourth-order valence-electron chi connectivity index (χ4n) is 6.23. The molecule has 6 heterocycles. The molecule has 0 fully saturated rings. The minimum absolute atomic E-state index is 0.330. The summed E-state index contributed by atoms with van der Waals surface area (Å²) in [7, 11) is 0. The largest absolute Gasteiger partial charge is 0.453 e. The molecule has 1 aliphatic carbocycles. The van der Waals surface area contributed by atoms with E-state index in [2.05, 4.69) is 35.0 Å². The van der Waals surface area contributed by atoms with Crippen molar-refractivity contribution in [2.24, 2.45) is 0 Å². The molecule has 4 aliphatic heterocycles. The van der Waals surface area contributed by atoms with Crippen molar-refractivity contribution in [3.8, 4) is 20.9 Å².